The molecule has 0 amide bonds. The molecule has 0 spiro atoms. The highest BCUT2D eigenvalue weighted by atomic mass is 32.2. The third-order valence-corrected chi connectivity index (χ3v) is 4.50. The van der Waals surface area contributed by atoms with Crippen molar-refractivity contribution < 1.29 is 13.3 Å². The van der Waals surface area contributed by atoms with E-state index < -0.39 is 14.9 Å². The number of hydrogen-bond acceptors (Lipinski definition) is 8. The smallest absolute Gasteiger partial charge is 0.293 e. The highest BCUT2D eigenvalue weighted by molar-refractivity contribution is 7.93. The van der Waals surface area contributed by atoms with E-state index in [1.54, 1.807) is 6.92 Å². The van der Waals surface area contributed by atoms with Crippen molar-refractivity contribution in [3.63, 3.8) is 0 Å². The first-order valence-electron chi connectivity index (χ1n) is 5.75. The van der Waals surface area contributed by atoms with Gasteiger partial charge in [0, 0.05) is 12.6 Å². The Balaban J connectivity index is 2.39. The van der Waals surface area contributed by atoms with Crippen molar-refractivity contribution in [2.45, 2.75) is 11.8 Å². The molecule has 21 heavy (non-hydrogen) atoms. The number of sulfonamides is 1. The monoisotopic (exact) mass is 329 g/mol. The summed E-state index contributed by atoms with van der Waals surface area (Å²) in [4.78, 5) is 10.2. The molecule has 0 unspecified atom stereocenters. The van der Waals surface area contributed by atoms with Crippen molar-refractivity contribution >= 4 is 37.9 Å². The topological polar surface area (TPSA) is 127 Å². The van der Waals surface area contributed by atoms with Crippen molar-refractivity contribution in [3.8, 4) is 0 Å². The molecule has 0 radical (unpaired) electrons. The maximum atomic E-state index is 12.1. The number of rotatable bonds is 6. The Bertz CT molecular complexity index is 745. The molecule has 0 aliphatic carbocycles. The van der Waals surface area contributed by atoms with Crippen molar-refractivity contribution in [2.24, 2.45) is 0 Å². The standard InChI is InChI=1S/C10H11N5O4S2/c1-2-11-8-4-3-7(5-9(8)15(16)17)21(18,19)14-10-13-12-6-20-10/h3-6,11H,2H2,1H3,(H,13,14). The Kier molecular flexibility index (Phi) is 4.33. The molecule has 1 aromatic heterocycles. The second-order valence-electron chi connectivity index (χ2n) is 3.82. The van der Waals surface area contributed by atoms with Gasteiger partial charge in [-0.25, -0.2) is 8.42 Å². The van der Waals surface area contributed by atoms with Gasteiger partial charge in [-0.15, -0.1) is 10.2 Å². The lowest BCUT2D eigenvalue weighted by atomic mass is 10.2. The second-order valence-corrected chi connectivity index (χ2v) is 6.33. The first-order chi connectivity index (χ1) is 9.94. The molecule has 0 saturated carbocycles. The van der Waals surface area contributed by atoms with Gasteiger partial charge < -0.3 is 5.32 Å². The molecule has 0 bridgehead atoms. The van der Waals surface area contributed by atoms with Gasteiger partial charge in [0.2, 0.25) is 5.13 Å². The molecular formula is C10H11N5O4S2. The molecule has 0 aliphatic heterocycles. The lowest BCUT2D eigenvalue weighted by Crippen LogP contribution is -2.13. The van der Waals surface area contributed by atoms with Crippen LogP contribution in [0.1, 0.15) is 6.92 Å². The van der Waals surface area contributed by atoms with E-state index >= 15 is 0 Å². The van der Waals surface area contributed by atoms with Gasteiger partial charge in [0.25, 0.3) is 15.7 Å². The van der Waals surface area contributed by atoms with Crippen molar-refractivity contribution in [3.05, 3.63) is 33.8 Å². The number of nitrogens with one attached hydrogen (secondary N) is 2. The zero-order valence-electron chi connectivity index (χ0n) is 10.8. The van der Waals surface area contributed by atoms with E-state index in [2.05, 4.69) is 20.2 Å². The van der Waals surface area contributed by atoms with Crippen LogP contribution in [-0.2, 0) is 10.0 Å². The number of anilines is 2. The lowest BCUT2D eigenvalue weighted by molar-refractivity contribution is -0.384. The zero-order valence-corrected chi connectivity index (χ0v) is 12.4. The lowest BCUT2D eigenvalue weighted by Gasteiger charge is -2.08. The minimum Gasteiger partial charge on any atom is -0.380 e. The fourth-order valence-corrected chi connectivity index (χ4v) is 3.27. The molecule has 2 aromatic rings. The van der Waals surface area contributed by atoms with Crippen LogP contribution in [0.2, 0.25) is 0 Å². The summed E-state index contributed by atoms with van der Waals surface area (Å²) >= 11 is 1.01. The minimum absolute atomic E-state index is 0.0911. The van der Waals surface area contributed by atoms with Gasteiger partial charge in [-0.3, -0.25) is 14.8 Å². The third kappa shape index (κ3) is 3.44. The molecule has 11 heteroatoms. The summed E-state index contributed by atoms with van der Waals surface area (Å²) < 4.78 is 26.5. The average molecular weight is 329 g/mol. The summed E-state index contributed by atoms with van der Waals surface area (Å²) in [5.41, 5.74) is 1.32. The van der Waals surface area contributed by atoms with Crippen LogP contribution in [-0.4, -0.2) is 30.1 Å². The normalized spacial score (nSPS) is 11.1. The number of nitrogens with zero attached hydrogens (tertiary/aromatic N) is 3. The summed E-state index contributed by atoms with van der Waals surface area (Å²) in [5, 5.41) is 21.0. The number of nitro groups is 1. The first-order valence-corrected chi connectivity index (χ1v) is 8.11. The summed E-state index contributed by atoms with van der Waals surface area (Å²) in [5.74, 6) is 0. The van der Waals surface area contributed by atoms with Gasteiger partial charge >= 0.3 is 0 Å². The SMILES string of the molecule is CCNc1ccc(S(=O)(=O)Nc2nncs2)cc1[N+](=O)[O-]. The number of aromatic nitrogens is 2. The molecule has 0 aliphatic rings. The maximum Gasteiger partial charge on any atom is 0.293 e. The van der Waals surface area contributed by atoms with E-state index in [9.17, 15) is 18.5 Å². The van der Waals surface area contributed by atoms with Gasteiger partial charge in [0.05, 0.1) is 9.82 Å². The van der Waals surface area contributed by atoms with Gasteiger partial charge in [0.1, 0.15) is 11.2 Å². The highest BCUT2D eigenvalue weighted by Crippen LogP contribution is 2.28. The van der Waals surface area contributed by atoms with Crippen LogP contribution >= 0.6 is 11.3 Å². The molecule has 2 rings (SSSR count). The van der Waals surface area contributed by atoms with E-state index in [0.29, 0.717) is 6.54 Å². The number of nitro benzene ring substituents is 1. The molecular weight excluding hydrogens is 318 g/mol. The minimum atomic E-state index is -3.95. The molecule has 0 saturated heterocycles. The summed E-state index contributed by atoms with van der Waals surface area (Å²) in [7, 11) is -3.95. The molecule has 1 aromatic carbocycles. The van der Waals surface area contributed by atoms with Crippen LogP contribution in [0.4, 0.5) is 16.5 Å². The Hall–Kier alpha value is -2.27. The van der Waals surface area contributed by atoms with Crippen LogP contribution in [0, 0.1) is 10.1 Å². The average Bonchev–Trinajstić information content (AvgIpc) is 2.91. The number of hydrogen-bond donors (Lipinski definition) is 2. The third-order valence-electron chi connectivity index (χ3n) is 2.43. The Labute approximate surface area is 124 Å². The van der Waals surface area contributed by atoms with Crippen LogP contribution in [0.25, 0.3) is 0 Å². The van der Waals surface area contributed by atoms with Crippen molar-refractivity contribution in [1.82, 2.24) is 10.2 Å². The molecule has 0 atom stereocenters. The summed E-state index contributed by atoms with van der Waals surface area (Å²) in [6, 6.07) is 3.64. The van der Waals surface area contributed by atoms with E-state index in [1.165, 1.54) is 17.6 Å². The fraction of sp³-hybridized carbons (Fsp3) is 0.200. The summed E-state index contributed by atoms with van der Waals surface area (Å²) in [6.07, 6.45) is 0. The maximum absolute atomic E-state index is 12.1. The van der Waals surface area contributed by atoms with E-state index in [0.717, 1.165) is 17.4 Å². The van der Waals surface area contributed by atoms with E-state index in [4.69, 9.17) is 0 Å². The molecule has 112 valence electrons. The molecule has 9 nitrogen and oxygen atoms in total. The second kappa shape index (κ2) is 6.01. The highest BCUT2D eigenvalue weighted by Gasteiger charge is 2.22. The number of benzene rings is 1. The van der Waals surface area contributed by atoms with E-state index in [-0.39, 0.29) is 21.4 Å². The quantitative estimate of drug-likeness (QED) is 0.609. The Morgan fingerprint density at radius 2 is 2.19 bits per heavy atom. The van der Waals surface area contributed by atoms with Crippen LogP contribution < -0.4 is 10.0 Å². The molecule has 2 N–H and O–H groups in total. The van der Waals surface area contributed by atoms with E-state index in [1.807, 2.05) is 0 Å². The summed E-state index contributed by atoms with van der Waals surface area (Å²) in [6.45, 7) is 2.27. The van der Waals surface area contributed by atoms with Gasteiger partial charge in [-0.2, -0.15) is 0 Å². The predicted molar refractivity (Wildman–Crippen MR) is 78.0 cm³/mol. The van der Waals surface area contributed by atoms with Crippen LogP contribution in [0.5, 0.6) is 0 Å². The first kappa shape index (κ1) is 15.1. The van der Waals surface area contributed by atoms with Crippen LogP contribution in [0.3, 0.4) is 0 Å². The van der Waals surface area contributed by atoms with Crippen molar-refractivity contribution in [2.75, 3.05) is 16.6 Å². The Morgan fingerprint density at radius 3 is 2.76 bits per heavy atom. The largest absolute Gasteiger partial charge is 0.380 e. The van der Waals surface area contributed by atoms with Gasteiger partial charge in [-0.05, 0) is 19.1 Å². The van der Waals surface area contributed by atoms with Gasteiger partial charge in [0.15, 0.2) is 0 Å². The Morgan fingerprint density at radius 1 is 1.43 bits per heavy atom. The molecule has 1 heterocycles. The van der Waals surface area contributed by atoms with Gasteiger partial charge in [-0.1, -0.05) is 11.3 Å². The molecule has 0 fully saturated rings. The van der Waals surface area contributed by atoms with Crippen molar-refractivity contribution in [1.29, 1.82) is 0 Å². The van der Waals surface area contributed by atoms with Crippen LogP contribution in [0.15, 0.2) is 28.6 Å². The fourth-order valence-electron chi connectivity index (χ4n) is 1.56. The predicted octanol–water partition coefficient (Wildman–Crippen LogP) is 1.68. The zero-order chi connectivity index (χ0) is 15.5.